The fraction of sp³-hybridized carbons (Fsp3) is 0.588. The smallest absolute Gasteiger partial charge is 0.265 e. The maximum absolute atomic E-state index is 12.8. The van der Waals surface area contributed by atoms with Crippen molar-refractivity contribution in [3.05, 3.63) is 27.2 Å². The second kappa shape index (κ2) is 6.80. The van der Waals surface area contributed by atoms with Crippen LogP contribution in [0.2, 0.25) is 0 Å². The average molecular weight is 365 g/mol. The van der Waals surface area contributed by atoms with Gasteiger partial charge < -0.3 is 9.80 Å². The number of nitrogens with zero attached hydrogens (tertiary/aromatic N) is 4. The summed E-state index contributed by atoms with van der Waals surface area (Å²) >= 11 is 3.20. The Balaban J connectivity index is 1.67. The molecular formula is C17H24N4OS2. The van der Waals surface area contributed by atoms with Crippen LogP contribution in [0.1, 0.15) is 47.6 Å². The van der Waals surface area contributed by atoms with Gasteiger partial charge in [-0.3, -0.25) is 4.79 Å². The van der Waals surface area contributed by atoms with E-state index in [4.69, 9.17) is 0 Å². The molecule has 1 aliphatic heterocycles. The average Bonchev–Trinajstić information content (AvgIpc) is 3.10. The van der Waals surface area contributed by atoms with Crippen LogP contribution in [0.15, 0.2) is 11.6 Å². The van der Waals surface area contributed by atoms with Crippen LogP contribution in [-0.4, -0.2) is 47.0 Å². The molecule has 1 fully saturated rings. The quantitative estimate of drug-likeness (QED) is 0.817. The number of hydrogen-bond acceptors (Lipinski definition) is 6. The van der Waals surface area contributed by atoms with Gasteiger partial charge in [0.15, 0.2) is 5.13 Å². The summed E-state index contributed by atoms with van der Waals surface area (Å²) in [6.07, 6.45) is 2.70. The lowest BCUT2D eigenvalue weighted by molar-refractivity contribution is 0.0771. The molecule has 130 valence electrons. The van der Waals surface area contributed by atoms with Crippen LogP contribution in [0.5, 0.6) is 0 Å². The van der Waals surface area contributed by atoms with E-state index in [1.165, 1.54) is 11.3 Å². The van der Waals surface area contributed by atoms with Crippen molar-refractivity contribution < 1.29 is 4.79 Å². The third-order valence-corrected chi connectivity index (χ3v) is 6.45. The number of carbonyl (C=O) groups excluding carboxylic acids is 1. The van der Waals surface area contributed by atoms with E-state index in [0.717, 1.165) is 53.3 Å². The Kier molecular flexibility index (Phi) is 4.92. The van der Waals surface area contributed by atoms with Gasteiger partial charge in [0.25, 0.3) is 5.91 Å². The topological polar surface area (TPSA) is 49.3 Å². The summed E-state index contributed by atoms with van der Waals surface area (Å²) in [4.78, 5) is 26.8. The van der Waals surface area contributed by atoms with Crippen molar-refractivity contribution in [3.63, 3.8) is 0 Å². The Bertz CT molecular complexity index is 716. The third-order valence-electron chi connectivity index (χ3n) is 4.02. The predicted octanol–water partition coefficient (Wildman–Crippen LogP) is 3.56. The molecule has 0 saturated carbocycles. The molecule has 7 heteroatoms. The first-order chi connectivity index (χ1) is 11.3. The highest BCUT2D eigenvalue weighted by Crippen LogP contribution is 2.28. The van der Waals surface area contributed by atoms with Crippen LogP contribution in [0, 0.1) is 6.92 Å². The van der Waals surface area contributed by atoms with Crippen molar-refractivity contribution in [1.29, 1.82) is 0 Å². The van der Waals surface area contributed by atoms with E-state index in [9.17, 15) is 4.79 Å². The first-order valence-electron chi connectivity index (χ1n) is 8.27. The van der Waals surface area contributed by atoms with Crippen LogP contribution in [0.4, 0.5) is 5.13 Å². The van der Waals surface area contributed by atoms with Crippen LogP contribution < -0.4 is 4.90 Å². The molecule has 3 rings (SSSR count). The van der Waals surface area contributed by atoms with E-state index in [1.807, 2.05) is 11.8 Å². The number of thiazole rings is 2. The number of rotatable bonds is 2. The summed E-state index contributed by atoms with van der Waals surface area (Å²) in [6, 6.07) is 0. The molecular weight excluding hydrogens is 340 g/mol. The van der Waals surface area contributed by atoms with Crippen molar-refractivity contribution in [2.24, 2.45) is 0 Å². The zero-order valence-electron chi connectivity index (χ0n) is 14.7. The van der Waals surface area contributed by atoms with Gasteiger partial charge in [-0.05, 0) is 13.3 Å². The first-order valence-corrected chi connectivity index (χ1v) is 9.97. The molecule has 0 unspecified atom stereocenters. The highest BCUT2D eigenvalue weighted by molar-refractivity contribution is 7.14. The van der Waals surface area contributed by atoms with E-state index in [1.54, 1.807) is 17.5 Å². The van der Waals surface area contributed by atoms with E-state index >= 15 is 0 Å². The molecule has 1 saturated heterocycles. The minimum Gasteiger partial charge on any atom is -0.346 e. The summed E-state index contributed by atoms with van der Waals surface area (Å²) in [6.45, 7) is 11.7. The zero-order chi connectivity index (χ0) is 17.3. The van der Waals surface area contributed by atoms with Crippen LogP contribution in [0.25, 0.3) is 0 Å². The Morgan fingerprint density at radius 2 is 2.00 bits per heavy atom. The van der Waals surface area contributed by atoms with E-state index < -0.39 is 0 Å². The fourth-order valence-electron chi connectivity index (χ4n) is 2.67. The van der Waals surface area contributed by atoms with E-state index in [-0.39, 0.29) is 11.3 Å². The molecule has 2 aromatic rings. The Hall–Kier alpha value is -1.47. The summed E-state index contributed by atoms with van der Waals surface area (Å²) in [5, 5.41) is 4.16. The van der Waals surface area contributed by atoms with E-state index in [0.29, 0.717) is 0 Å². The number of amides is 1. The number of carbonyl (C=O) groups is 1. The lowest BCUT2D eigenvalue weighted by Gasteiger charge is -2.21. The highest BCUT2D eigenvalue weighted by Gasteiger charge is 2.25. The van der Waals surface area contributed by atoms with Gasteiger partial charge in [-0.25, -0.2) is 9.97 Å². The lowest BCUT2D eigenvalue weighted by atomic mass is 9.98. The first kappa shape index (κ1) is 17.4. The van der Waals surface area contributed by atoms with Gasteiger partial charge in [-0.2, -0.15) is 0 Å². The number of aryl methyl sites for hydroxylation is 1. The van der Waals surface area contributed by atoms with Crippen molar-refractivity contribution in [2.75, 3.05) is 31.1 Å². The molecule has 0 radical (unpaired) electrons. The molecule has 0 spiro atoms. The molecule has 0 atom stereocenters. The second-order valence-electron chi connectivity index (χ2n) is 7.18. The minimum absolute atomic E-state index is 0.0124. The van der Waals surface area contributed by atoms with Crippen LogP contribution >= 0.6 is 22.7 Å². The highest BCUT2D eigenvalue weighted by atomic mass is 32.1. The fourth-order valence-corrected chi connectivity index (χ4v) is 4.47. The number of hydrogen-bond donors (Lipinski definition) is 0. The van der Waals surface area contributed by atoms with Gasteiger partial charge in [0, 0.05) is 37.0 Å². The van der Waals surface area contributed by atoms with Gasteiger partial charge in [0.2, 0.25) is 0 Å². The van der Waals surface area contributed by atoms with Gasteiger partial charge >= 0.3 is 0 Å². The Morgan fingerprint density at radius 1 is 1.21 bits per heavy atom. The van der Waals surface area contributed by atoms with Gasteiger partial charge in [0.05, 0.1) is 16.9 Å². The van der Waals surface area contributed by atoms with Crippen molar-refractivity contribution >= 4 is 33.7 Å². The molecule has 3 heterocycles. The monoisotopic (exact) mass is 364 g/mol. The lowest BCUT2D eigenvalue weighted by Crippen LogP contribution is -2.34. The van der Waals surface area contributed by atoms with Crippen molar-refractivity contribution in [3.8, 4) is 0 Å². The molecule has 0 bridgehead atoms. The summed E-state index contributed by atoms with van der Waals surface area (Å²) in [5.41, 5.74) is 1.05. The number of aromatic nitrogens is 2. The number of anilines is 1. The van der Waals surface area contributed by atoms with Gasteiger partial charge in [-0.15, -0.1) is 22.7 Å². The Labute approximate surface area is 151 Å². The molecule has 0 aromatic carbocycles. The van der Waals surface area contributed by atoms with Gasteiger partial charge in [-0.1, -0.05) is 20.8 Å². The standard InChI is InChI=1S/C17H24N4OS2/c1-12-11-23-16(19-12)21-7-5-6-20(8-9-21)14(22)13-10-18-15(24-13)17(2,3)4/h10-11H,5-9H2,1-4H3. The molecule has 0 aliphatic carbocycles. The largest absolute Gasteiger partial charge is 0.346 e. The second-order valence-corrected chi connectivity index (χ2v) is 9.05. The van der Waals surface area contributed by atoms with E-state index in [2.05, 4.69) is 41.0 Å². The Morgan fingerprint density at radius 3 is 2.62 bits per heavy atom. The zero-order valence-corrected chi connectivity index (χ0v) is 16.3. The van der Waals surface area contributed by atoms with Crippen molar-refractivity contribution in [1.82, 2.24) is 14.9 Å². The van der Waals surface area contributed by atoms with Crippen LogP contribution in [0.3, 0.4) is 0 Å². The van der Waals surface area contributed by atoms with Crippen LogP contribution in [-0.2, 0) is 5.41 Å². The molecule has 1 amide bonds. The minimum atomic E-state index is -0.0124. The maximum atomic E-state index is 12.8. The molecule has 2 aromatic heterocycles. The normalized spacial score (nSPS) is 16.3. The SMILES string of the molecule is Cc1csc(N2CCCN(C(=O)c3cnc(C(C)(C)C)s3)CC2)n1. The summed E-state index contributed by atoms with van der Waals surface area (Å²) in [7, 11) is 0. The van der Waals surface area contributed by atoms with Gasteiger partial charge in [0.1, 0.15) is 4.88 Å². The summed E-state index contributed by atoms with van der Waals surface area (Å²) in [5.74, 6) is 0.111. The molecule has 5 nitrogen and oxygen atoms in total. The molecule has 24 heavy (non-hydrogen) atoms. The third kappa shape index (κ3) is 3.78. The predicted molar refractivity (Wildman–Crippen MR) is 100 cm³/mol. The molecule has 1 aliphatic rings. The van der Waals surface area contributed by atoms with Crippen molar-refractivity contribution in [2.45, 2.75) is 39.5 Å². The molecule has 0 N–H and O–H groups in total. The summed E-state index contributed by atoms with van der Waals surface area (Å²) < 4.78 is 0. The maximum Gasteiger partial charge on any atom is 0.265 e.